The van der Waals surface area contributed by atoms with E-state index in [1.165, 1.54) is 0 Å². The third-order valence-electron chi connectivity index (χ3n) is 3.17. The summed E-state index contributed by atoms with van der Waals surface area (Å²) in [4.78, 5) is 6.33. The van der Waals surface area contributed by atoms with Crippen molar-refractivity contribution in [1.82, 2.24) is 4.98 Å². The molecule has 0 aliphatic carbocycles. The summed E-state index contributed by atoms with van der Waals surface area (Å²) in [5, 5.41) is 0. The van der Waals surface area contributed by atoms with Gasteiger partial charge in [-0.05, 0) is 31.0 Å². The van der Waals surface area contributed by atoms with Gasteiger partial charge < -0.3 is 10.6 Å². The van der Waals surface area contributed by atoms with Crippen LogP contribution in [-0.2, 0) is 9.84 Å². The third-order valence-corrected chi connectivity index (χ3v) is 4.89. The first kappa shape index (κ1) is 13.3. The molecule has 1 fully saturated rings. The van der Waals surface area contributed by atoms with Crippen LogP contribution >= 0.6 is 0 Å². The summed E-state index contributed by atoms with van der Waals surface area (Å²) in [5.74, 6) is 1.30. The number of rotatable bonds is 2. The van der Waals surface area contributed by atoms with Crippen molar-refractivity contribution >= 4 is 15.7 Å². The van der Waals surface area contributed by atoms with Crippen molar-refractivity contribution in [2.45, 2.75) is 19.4 Å². The number of sulfone groups is 1. The molecule has 1 saturated heterocycles. The fourth-order valence-corrected chi connectivity index (χ4v) is 3.33. The summed E-state index contributed by atoms with van der Waals surface area (Å²) in [6.07, 6.45) is 2.39. The molecule has 1 aliphatic heterocycles. The lowest BCUT2D eigenvalue weighted by atomic mass is 10.1. The van der Waals surface area contributed by atoms with E-state index in [9.17, 15) is 8.42 Å². The lowest BCUT2D eigenvalue weighted by Crippen LogP contribution is -2.27. The van der Waals surface area contributed by atoms with E-state index in [-0.39, 0.29) is 17.5 Å². The molecule has 1 aromatic heterocycles. The monoisotopic (exact) mass is 269 g/mol. The average Bonchev–Trinajstić information content (AvgIpc) is 2.50. The number of pyridine rings is 1. The van der Waals surface area contributed by atoms with Gasteiger partial charge >= 0.3 is 0 Å². The Morgan fingerprint density at radius 2 is 2.17 bits per heavy atom. The molecule has 5 nitrogen and oxygen atoms in total. The summed E-state index contributed by atoms with van der Waals surface area (Å²) in [6.45, 7) is 3.17. The molecule has 1 atom stereocenters. The van der Waals surface area contributed by atoms with Crippen LogP contribution in [0.2, 0.25) is 0 Å². The molecule has 0 unspecified atom stereocenters. The molecule has 2 N–H and O–H groups in total. The molecule has 2 heterocycles. The summed E-state index contributed by atoms with van der Waals surface area (Å²) in [6, 6.07) is 3.80. The summed E-state index contributed by atoms with van der Waals surface area (Å²) >= 11 is 0. The topological polar surface area (TPSA) is 76.3 Å². The Labute approximate surface area is 108 Å². The number of hydrogen-bond acceptors (Lipinski definition) is 5. The Hall–Kier alpha value is -1.14. The van der Waals surface area contributed by atoms with Crippen molar-refractivity contribution in [1.29, 1.82) is 0 Å². The van der Waals surface area contributed by atoms with E-state index in [0.717, 1.165) is 17.9 Å². The van der Waals surface area contributed by atoms with Crippen LogP contribution in [0.15, 0.2) is 18.3 Å². The summed E-state index contributed by atoms with van der Waals surface area (Å²) < 4.78 is 23.1. The minimum atomic E-state index is -2.88. The zero-order valence-electron chi connectivity index (χ0n) is 10.5. The zero-order chi connectivity index (χ0) is 13.2. The minimum Gasteiger partial charge on any atom is -0.356 e. The third kappa shape index (κ3) is 3.20. The van der Waals surface area contributed by atoms with Crippen LogP contribution in [0.3, 0.4) is 0 Å². The Balaban J connectivity index is 2.18. The molecule has 100 valence electrons. The highest BCUT2D eigenvalue weighted by Gasteiger charge is 2.20. The van der Waals surface area contributed by atoms with Crippen LogP contribution in [-0.4, -0.2) is 38.0 Å². The van der Waals surface area contributed by atoms with Crippen LogP contribution in [0.4, 0.5) is 5.82 Å². The van der Waals surface area contributed by atoms with E-state index in [1.54, 1.807) is 6.20 Å². The molecule has 0 spiro atoms. The lowest BCUT2D eigenvalue weighted by molar-refractivity contribution is 0.597. The summed E-state index contributed by atoms with van der Waals surface area (Å²) in [5.41, 5.74) is 6.86. The number of nitrogens with two attached hydrogens (primary N) is 1. The molecule has 6 heteroatoms. The highest BCUT2D eigenvalue weighted by atomic mass is 32.2. The number of aromatic nitrogens is 1. The number of nitrogens with zero attached hydrogens (tertiary/aromatic N) is 2. The Kier molecular flexibility index (Phi) is 3.87. The minimum absolute atomic E-state index is 0.0394. The highest BCUT2D eigenvalue weighted by molar-refractivity contribution is 7.91. The van der Waals surface area contributed by atoms with Crippen molar-refractivity contribution in [3.05, 3.63) is 23.9 Å². The lowest BCUT2D eigenvalue weighted by Gasteiger charge is -2.21. The first-order valence-corrected chi connectivity index (χ1v) is 7.97. The summed E-state index contributed by atoms with van der Waals surface area (Å²) in [7, 11) is -2.88. The van der Waals surface area contributed by atoms with E-state index in [4.69, 9.17) is 5.73 Å². The van der Waals surface area contributed by atoms with Gasteiger partial charge in [-0.3, -0.25) is 0 Å². The van der Waals surface area contributed by atoms with Gasteiger partial charge in [0.25, 0.3) is 0 Å². The second kappa shape index (κ2) is 5.24. The Morgan fingerprint density at radius 3 is 2.89 bits per heavy atom. The number of hydrogen-bond donors (Lipinski definition) is 1. The van der Waals surface area contributed by atoms with Gasteiger partial charge in [-0.15, -0.1) is 0 Å². The van der Waals surface area contributed by atoms with Crippen LogP contribution < -0.4 is 10.6 Å². The largest absolute Gasteiger partial charge is 0.356 e. The average molecular weight is 269 g/mol. The second-order valence-corrected chi connectivity index (χ2v) is 7.03. The maximum atomic E-state index is 11.6. The van der Waals surface area contributed by atoms with Gasteiger partial charge in [-0.25, -0.2) is 13.4 Å². The quantitative estimate of drug-likeness (QED) is 0.856. The van der Waals surface area contributed by atoms with Crippen molar-refractivity contribution in [3.63, 3.8) is 0 Å². The van der Waals surface area contributed by atoms with Gasteiger partial charge in [0.2, 0.25) is 0 Å². The van der Waals surface area contributed by atoms with Crippen molar-refractivity contribution in [3.8, 4) is 0 Å². The normalized spacial score (nSPS) is 21.3. The van der Waals surface area contributed by atoms with Crippen LogP contribution in [0.5, 0.6) is 0 Å². The molecular weight excluding hydrogens is 250 g/mol. The Morgan fingerprint density at radius 1 is 1.39 bits per heavy atom. The first-order chi connectivity index (χ1) is 8.48. The maximum Gasteiger partial charge on any atom is 0.152 e. The fourth-order valence-electron chi connectivity index (χ4n) is 2.06. The van der Waals surface area contributed by atoms with Crippen molar-refractivity contribution in [2.24, 2.45) is 5.73 Å². The van der Waals surface area contributed by atoms with Gasteiger partial charge in [0.05, 0.1) is 11.5 Å². The van der Waals surface area contributed by atoms with E-state index in [0.29, 0.717) is 13.0 Å². The Bertz CT molecular complexity index is 514. The molecule has 18 heavy (non-hydrogen) atoms. The molecule has 0 radical (unpaired) electrons. The zero-order valence-corrected chi connectivity index (χ0v) is 11.4. The van der Waals surface area contributed by atoms with Gasteiger partial charge in [-0.1, -0.05) is 0 Å². The van der Waals surface area contributed by atoms with Gasteiger partial charge in [0.15, 0.2) is 9.84 Å². The standard InChI is InChI=1S/C12H19N3O2S/c1-10(13)11-3-4-14-12(9-11)15-5-2-7-18(16,17)8-6-15/h3-4,9-10H,2,5-8,13H2,1H3/t10-/m1/s1. The smallest absolute Gasteiger partial charge is 0.152 e. The van der Waals surface area contributed by atoms with Crippen LogP contribution in [0, 0.1) is 0 Å². The molecule has 0 amide bonds. The highest BCUT2D eigenvalue weighted by Crippen LogP contribution is 2.18. The van der Waals surface area contributed by atoms with E-state index in [2.05, 4.69) is 4.98 Å². The van der Waals surface area contributed by atoms with Crippen LogP contribution in [0.25, 0.3) is 0 Å². The molecule has 0 saturated carbocycles. The van der Waals surface area contributed by atoms with Gasteiger partial charge in [0, 0.05) is 25.3 Å². The molecule has 0 aromatic carbocycles. The van der Waals surface area contributed by atoms with Crippen molar-refractivity contribution < 1.29 is 8.42 Å². The molecular formula is C12H19N3O2S. The molecule has 0 bridgehead atoms. The molecule has 1 aromatic rings. The number of anilines is 1. The second-order valence-electron chi connectivity index (χ2n) is 4.73. The van der Waals surface area contributed by atoms with E-state index < -0.39 is 9.84 Å². The van der Waals surface area contributed by atoms with E-state index in [1.807, 2.05) is 24.0 Å². The molecule has 1 aliphatic rings. The first-order valence-electron chi connectivity index (χ1n) is 6.15. The van der Waals surface area contributed by atoms with Crippen LogP contribution in [0.1, 0.15) is 24.9 Å². The van der Waals surface area contributed by atoms with Crippen molar-refractivity contribution in [2.75, 3.05) is 29.5 Å². The predicted octanol–water partition coefficient (Wildman–Crippen LogP) is 0.726. The van der Waals surface area contributed by atoms with Gasteiger partial charge in [-0.2, -0.15) is 0 Å². The van der Waals surface area contributed by atoms with E-state index >= 15 is 0 Å². The molecule has 2 rings (SSSR count). The SMILES string of the molecule is C[C@@H](N)c1ccnc(N2CCCS(=O)(=O)CC2)c1. The maximum absolute atomic E-state index is 11.6. The predicted molar refractivity (Wildman–Crippen MR) is 72.3 cm³/mol. The fraction of sp³-hybridized carbons (Fsp3) is 0.583. The van der Waals surface area contributed by atoms with Gasteiger partial charge in [0.1, 0.15) is 5.82 Å².